The van der Waals surface area contributed by atoms with Crippen molar-refractivity contribution < 1.29 is 27.5 Å². The summed E-state index contributed by atoms with van der Waals surface area (Å²) in [6, 6.07) is 17.2. The highest BCUT2D eigenvalue weighted by atomic mass is 35.5. The normalized spacial score (nSPS) is 13.1. The van der Waals surface area contributed by atoms with Crippen LogP contribution in [0.4, 0.5) is 5.69 Å². The van der Waals surface area contributed by atoms with Gasteiger partial charge in [-0.15, -0.1) is 0 Å². The Kier molecular flexibility index (Phi) is 5.92. The number of anilines is 1. The van der Waals surface area contributed by atoms with Gasteiger partial charge in [0.2, 0.25) is 0 Å². The van der Waals surface area contributed by atoms with Crippen molar-refractivity contribution in [1.82, 2.24) is 4.90 Å². The second-order valence-electron chi connectivity index (χ2n) is 7.06. The van der Waals surface area contributed by atoms with Crippen LogP contribution in [0, 0.1) is 0 Å². The third-order valence-electron chi connectivity index (χ3n) is 5.06. The number of carbonyl (C=O) groups excluding carboxylic acids is 3. The van der Waals surface area contributed by atoms with Crippen molar-refractivity contribution in [2.75, 3.05) is 18.0 Å². The smallest absolute Gasteiger partial charge is 0.270 e. The molecule has 0 radical (unpaired) electrons. The lowest BCUT2D eigenvalue weighted by Crippen LogP contribution is -2.45. The highest BCUT2D eigenvalue weighted by Crippen LogP contribution is 2.28. The summed E-state index contributed by atoms with van der Waals surface area (Å²) in [6.07, 6.45) is 0. The summed E-state index contributed by atoms with van der Waals surface area (Å²) in [4.78, 5) is 39.3. The molecule has 0 aromatic heterocycles. The summed E-state index contributed by atoms with van der Waals surface area (Å²) in [5, 5.41) is 0.322. The van der Waals surface area contributed by atoms with Crippen LogP contribution >= 0.6 is 11.6 Å². The minimum Gasteiger partial charge on any atom is -0.497 e. The summed E-state index contributed by atoms with van der Waals surface area (Å²) in [5.74, 6) is -1.86. The van der Waals surface area contributed by atoms with E-state index in [1.54, 1.807) is 12.1 Å². The van der Waals surface area contributed by atoms with E-state index < -0.39 is 34.3 Å². The molecule has 0 N–H and O–H groups in total. The number of fused-ring (bicyclic) bond motifs is 1. The van der Waals surface area contributed by atoms with Crippen LogP contribution in [0.15, 0.2) is 77.7 Å². The highest BCUT2D eigenvalue weighted by molar-refractivity contribution is 7.93. The Morgan fingerprint density at radius 2 is 1.45 bits per heavy atom. The van der Waals surface area contributed by atoms with Gasteiger partial charge in [-0.3, -0.25) is 19.3 Å². The van der Waals surface area contributed by atoms with Crippen LogP contribution in [0.25, 0.3) is 0 Å². The summed E-state index contributed by atoms with van der Waals surface area (Å²) < 4.78 is 32.5. The van der Waals surface area contributed by atoms with Crippen LogP contribution in [0.3, 0.4) is 0 Å². The van der Waals surface area contributed by atoms with E-state index in [9.17, 15) is 22.8 Å². The van der Waals surface area contributed by atoms with Crippen LogP contribution < -0.4 is 9.04 Å². The van der Waals surface area contributed by atoms with E-state index in [0.717, 1.165) is 4.90 Å². The van der Waals surface area contributed by atoms with E-state index in [2.05, 4.69) is 0 Å². The molecule has 1 aliphatic rings. The number of hydrogen-bond acceptors (Lipinski definition) is 6. The summed E-state index contributed by atoms with van der Waals surface area (Å²) in [7, 11) is -2.95. The molecule has 1 aliphatic heterocycles. The lowest BCUT2D eigenvalue weighted by atomic mass is 10.1. The molecule has 0 bridgehead atoms. The maximum Gasteiger partial charge on any atom is 0.270 e. The van der Waals surface area contributed by atoms with Gasteiger partial charge in [0.1, 0.15) is 12.3 Å². The van der Waals surface area contributed by atoms with Crippen molar-refractivity contribution in [1.29, 1.82) is 0 Å². The number of methoxy groups -OCH3 is 1. The molecule has 0 saturated heterocycles. The average Bonchev–Trinajstić information content (AvgIpc) is 3.05. The Morgan fingerprint density at radius 3 is 1.97 bits per heavy atom. The third kappa shape index (κ3) is 4.08. The van der Waals surface area contributed by atoms with Gasteiger partial charge in [-0.2, -0.15) is 0 Å². The van der Waals surface area contributed by atoms with Crippen molar-refractivity contribution in [3.8, 4) is 5.75 Å². The second kappa shape index (κ2) is 8.68. The molecule has 0 aliphatic carbocycles. The molecule has 0 spiro atoms. The molecule has 33 heavy (non-hydrogen) atoms. The van der Waals surface area contributed by atoms with Crippen molar-refractivity contribution in [3.05, 3.63) is 88.9 Å². The van der Waals surface area contributed by atoms with Gasteiger partial charge in [0.05, 0.1) is 28.8 Å². The third-order valence-corrected chi connectivity index (χ3v) is 7.07. The zero-order chi connectivity index (χ0) is 23.8. The van der Waals surface area contributed by atoms with E-state index in [-0.39, 0.29) is 21.7 Å². The standard InChI is InChI=1S/C23H17ClN2O6S/c1-32-17-10-8-16(9-11-17)26(33(30,31)18-12-6-15(24)7-13-18)21(27)14-25-22(28)19-4-2-3-5-20(19)23(25)29/h2-13H,14H2,1H3. The zero-order valence-electron chi connectivity index (χ0n) is 17.3. The van der Waals surface area contributed by atoms with Crippen LogP contribution in [0.2, 0.25) is 5.02 Å². The molecule has 0 saturated carbocycles. The quantitative estimate of drug-likeness (QED) is 0.497. The van der Waals surface area contributed by atoms with Gasteiger partial charge in [0.25, 0.3) is 27.7 Å². The van der Waals surface area contributed by atoms with E-state index in [0.29, 0.717) is 15.1 Å². The lowest BCUT2D eigenvalue weighted by Gasteiger charge is -2.25. The van der Waals surface area contributed by atoms with E-state index in [1.165, 1.54) is 67.8 Å². The number of benzene rings is 3. The number of rotatable bonds is 6. The number of sulfonamides is 1. The van der Waals surface area contributed by atoms with Gasteiger partial charge in [-0.1, -0.05) is 23.7 Å². The number of nitrogens with zero attached hydrogens (tertiary/aromatic N) is 2. The first-order chi connectivity index (χ1) is 15.7. The maximum atomic E-state index is 13.4. The topological polar surface area (TPSA) is 101 Å². The van der Waals surface area contributed by atoms with Gasteiger partial charge >= 0.3 is 0 Å². The minimum absolute atomic E-state index is 0.0207. The predicted octanol–water partition coefficient (Wildman–Crippen LogP) is 3.37. The summed E-state index contributed by atoms with van der Waals surface area (Å²) in [5.41, 5.74) is 0.339. The van der Waals surface area contributed by atoms with Gasteiger partial charge in [-0.05, 0) is 60.7 Å². The molecule has 4 rings (SSSR count). The number of carbonyl (C=O) groups is 3. The second-order valence-corrected chi connectivity index (χ2v) is 9.28. The number of imide groups is 1. The fourth-order valence-corrected chi connectivity index (χ4v) is 4.97. The molecule has 0 atom stereocenters. The van der Waals surface area contributed by atoms with Crippen LogP contribution in [0.5, 0.6) is 5.75 Å². The molecule has 8 nitrogen and oxygen atoms in total. The average molecular weight is 485 g/mol. The first kappa shape index (κ1) is 22.5. The van der Waals surface area contributed by atoms with E-state index in [4.69, 9.17) is 16.3 Å². The first-order valence-electron chi connectivity index (χ1n) is 9.67. The monoisotopic (exact) mass is 484 g/mol. The lowest BCUT2D eigenvalue weighted by molar-refractivity contribution is -0.117. The molecule has 3 aromatic rings. The molecule has 1 heterocycles. The molecular formula is C23H17ClN2O6S. The Hall–Kier alpha value is -3.69. The predicted molar refractivity (Wildman–Crippen MR) is 121 cm³/mol. The summed E-state index contributed by atoms with van der Waals surface area (Å²) >= 11 is 5.87. The fraction of sp³-hybridized carbons (Fsp3) is 0.0870. The number of halogens is 1. The Labute approximate surface area is 195 Å². The molecule has 168 valence electrons. The maximum absolute atomic E-state index is 13.4. The molecule has 10 heteroatoms. The zero-order valence-corrected chi connectivity index (χ0v) is 18.8. The van der Waals surface area contributed by atoms with Crippen LogP contribution in [0.1, 0.15) is 20.7 Å². The molecule has 0 unspecified atom stereocenters. The number of amides is 3. The number of hydrogen-bond donors (Lipinski definition) is 0. The Balaban J connectivity index is 1.73. The molecule has 3 aromatic carbocycles. The molecule has 3 amide bonds. The Morgan fingerprint density at radius 1 is 0.909 bits per heavy atom. The highest BCUT2D eigenvalue weighted by Gasteiger charge is 2.39. The van der Waals surface area contributed by atoms with Gasteiger partial charge in [0.15, 0.2) is 0 Å². The van der Waals surface area contributed by atoms with Crippen molar-refractivity contribution in [2.24, 2.45) is 0 Å². The minimum atomic E-state index is -4.40. The van der Waals surface area contributed by atoms with Crippen LogP contribution in [-0.4, -0.2) is 44.7 Å². The summed E-state index contributed by atoms with van der Waals surface area (Å²) in [6.45, 7) is -0.759. The Bertz CT molecular complexity index is 1320. The number of ether oxygens (including phenoxy) is 1. The van der Waals surface area contributed by atoms with Gasteiger partial charge < -0.3 is 4.74 Å². The molecular weight excluding hydrogens is 468 g/mol. The fourth-order valence-electron chi connectivity index (χ4n) is 3.43. The van der Waals surface area contributed by atoms with Crippen LogP contribution in [-0.2, 0) is 14.8 Å². The van der Waals surface area contributed by atoms with Crippen molar-refractivity contribution >= 4 is 45.0 Å². The first-order valence-corrected chi connectivity index (χ1v) is 11.5. The van der Waals surface area contributed by atoms with Crippen molar-refractivity contribution in [2.45, 2.75) is 4.90 Å². The van der Waals surface area contributed by atoms with Crippen molar-refractivity contribution in [3.63, 3.8) is 0 Å². The van der Waals surface area contributed by atoms with Gasteiger partial charge in [-0.25, -0.2) is 12.7 Å². The SMILES string of the molecule is COc1ccc(N(C(=O)CN2C(=O)c3ccccc3C2=O)S(=O)(=O)c2ccc(Cl)cc2)cc1. The van der Waals surface area contributed by atoms with Gasteiger partial charge in [0, 0.05) is 5.02 Å². The molecule has 0 fully saturated rings. The van der Waals surface area contributed by atoms with E-state index >= 15 is 0 Å². The van der Waals surface area contributed by atoms with E-state index in [1.807, 2.05) is 0 Å². The largest absolute Gasteiger partial charge is 0.497 e.